The number of hydrogen-bond donors (Lipinski definition) is 0. The number of nitrogens with zero attached hydrogens (tertiary/aromatic N) is 1. The van der Waals surface area contributed by atoms with Gasteiger partial charge in [-0.1, -0.05) is 185 Å². The number of hydrogen-bond acceptors (Lipinski definition) is 1. The van der Waals surface area contributed by atoms with E-state index in [0.29, 0.717) is 0 Å². The van der Waals surface area contributed by atoms with E-state index in [4.69, 9.17) is 0 Å². The second kappa shape index (κ2) is 16.3. The predicted octanol–water partition coefficient (Wildman–Crippen LogP) is 17.3. The quantitative estimate of drug-likeness (QED) is 0.155. The number of rotatable bonds is 7. The maximum atomic E-state index is 2.53. The zero-order valence-electron chi connectivity index (χ0n) is 38.3. The van der Waals surface area contributed by atoms with E-state index >= 15 is 0 Å². The van der Waals surface area contributed by atoms with Crippen LogP contribution in [-0.2, 0) is 10.8 Å². The van der Waals surface area contributed by atoms with Gasteiger partial charge >= 0.3 is 0 Å². The minimum atomic E-state index is -0.570. The summed E-state index contributed by atoms with van der Waals surface area (Å²) in [5.74, 6) is 0. The molecule has 314 valence electrons. The fourth-order valence-electron chi connectivity index (χ4n) is 11.3. The zero-order valence-corrected chi connectivity index (χ0v) is 38.3. The molecule has 64 heavy (non-hydrogen) atoms. The summed E-state index contributed by atoms with van der Waals surface area (Å²) in [5, 5.41) is 0. The Bertz CT molecular complexity index is 3140. The predicted molar refractivity (Wildman–Crippen MR) is 273 cm³/mol. The average molecular weight is 828 g/mol. The second-order valence-electron chi connectivity index (χ2n) is 18.1. The van der Waals surface area contributed by atoms with Crippen molar-refractivity contribution < 1.29 is 0 Å². The number of fused-ring (bicyclic) bond motifs is 6. The molecule has 0 amide bonds. The second-order valence-corrected chi connectivity index (χ2v) is 18.1. The summed E-state index contributed by atoms with van der Waals surface area (Å²) in [6.07, 6.45) is 7.03. The molecule has 3 aliphatic carbocycles. The fourth-order valence-corrected chi connectivity index (χ4v) is 11.3. The molecule has 0 radical (unpaired) electrons. The molecule has 8 aromatic carbocycles. The van der Waals surface area contributed by atoms with Crippen molar-refractivity contribution in [3.63, 3.8) is 0 Å². The Kier molecular flexibility index (Phi) is 10.5. The van der Waals surface area contributed by atoms with Gasteiger partial charge in [0.1, 0.15) is 0 Å². The van der Waals surface area contributed by atoms with Gasteiger partial charge in [-0.25, -0.2) is 0 Å². The Morgan fingerprint density at radius 3 is 1.62 bits per heavy atom. The lowest BCUT2D eigenvalue weighted by atomic mass is 9.64. The van der Waals surface area contributed by atoms with Crippen LogP contribution >= 0.6 is 0 Å². The van der Waals surface area contributed by atoms with Crippen molar-refractivity contribution in [3.05, 3.63) is 250 Å². The first-order valence-electron chi connectivity index (χ1n) is 23.2. The molecule has 0 aliphatic heterocycles. The molecule has 0 saturated heterocycles. The number of allylic oxidation sites excluding steroid dienone is 4. The minimum absolute atomic E-state index is 0.136. The molecule has 0 spiro atoms. The van der Waals surface area contributed by atoms with Gasteiger partial charge in [0.2, 0.25) is 0 Å². The summed E-state index contributed by atoms with van der Waals surface area (Å²) >= 11 is 0. The first kappa shape index (κ1) is 41.1. The van der Waals surface area contributed by atoms with Crippen molar-refractivity contribution in [2.24, 2.45) is 0 Å². The first-order valence-corrected chi connectivity index (χ1v) is 23.2. The molecule has 0 fully saturated rings. The average Bonchev–Trinajstić information content (AvgIpc) is 3.75. The number of benzene rings is 8. The lowest BCUT2D eigenvalue weighted by Crippen LogP contribution is -2.31. The highest BCUT2D eigenvalue weighted by molar-refractivity contribution is 5.92. The van der Waals surface area contributed by atoms with Gasteiger partial charge in [0.05, 0.1) is 5.41 Å². The molecule has 0 saturated carbocycles. The van der Waals surface area contributed by atoms with Gasteiger partial charge < -0.3 is 4.90 Å². The highest BCUT2D eigenvalue weighted by Gasteiger charge is 2.48. The van der Waals surface area contributed by atoms with Crippen LogP contribution in [-0.4, -0.2) is 0 Å². The number of anilines is 3. The van der Waals surface area contributed by atoms with E-state index in [-0.39, 0.29) is 5.41 Å². The fraction of sp³-hybridized carbons (Fsp3) is 0.175. The third-order valence-electron chi connectivity index (χ3n) is 14.3. The topological polar surface area (TPSA) is 3.24 Å². The maximum absolute atomic E-state index is 2.53. The molecule has 0 N–H and O–H groups in total. The third kappa shape index (κ3) is 6.35. The Balaban J connectivity index is 0.00000239. The molecule has 1 nitrogen and oxygen atoms in total. The number of aryl methyl sites for hydroxylation is 1. The summed E-state index contributed by atoms with van der Waals surface area (Å²) in [7, 11) is 0. The molecule has 0 heterocycles. The van der Waals surface area contributed by atoms with Crippen molar-refractivity contribution in [1.29, 1.82) is 0 Å². The van der Waals surface area contributed by atoms with E-state index in [1.807, 2.05) is 13.8 Å². The van der Waals surface area contributed by atoms with E-state index in [1.54, 1.807) is 0 Å². The molecule has 3 aliphatic rings. The molecule has 1 atom stereocenters. The highest BCUT2D eigenvalue weighted by Crippen LogP contribution is 2.59. The van der Waals surface area contributed by atoms with Crippen molar-refractivity contribution in [1.82, 2.24) is 0 Å². The highest BCUT2D eigenvalue weighted by atomic mass is 15.1. The summed E-state index contributed by atoms with van der Waals surface area (Å²) in [6.45, 7) is 15.7. The maximum Gasteiger partial charge on any atom is 0.0719 e. The van der Waals surface area contributed by atoms with E-state index in [2.05, 4.69) is 234 Å². The van der Waals surface area contributed by atoms with Crippen molar-refractivity contribution in [2.45, 2.75) is 72.1 Å². The Morgan fingerprint density at radius 2 is 0.906 bits per heavy atom. The van der Waals surface area contributed by atoms with Crippen LogP contribution in [0.15, 0.2) is 200 Å². The van der Waals surface area contributed by atoms with Crippen LogP contribution < -0.4 is 4.90 Å². The van der Waals surface area contributed by atoms with Crippen LogP contribution in [0.1, 0.15) is 97.5 Å². The standard InChI is InChI=1S/C61H51N.C2H6/c1-40-19-9-11-25-48(40)49-28-18-32-55(42(49)3)61(54-29-14-10-20-41(54)2)57-31-16-13-27-51(57)53-36-34-47(39-59(53)61)62(45-24-17-23-44(37-45)43-21-7-6-8-22-43)46-33-35-52-50-26-12-15-30-56(50)60(4,5)58(52)38-46;1-2/h6-8,10,12-39H,9,11H2,1-5H3;1-2H3. The van der Waals surface area contributed by atoms with Gasteiger partial charge in [-0.05, 0) is 165 Å². The van der Waals surface area contributed by atoms with Gasteiger partial charge in [0, 0.05) is 22.5 Å². The Morgan fingerprint density at radius 1 is 0.391 bits per heavy atom. The molecule has 0 aromatic heterocycles. The van der Waals surface area contributed by atoms with Gasteiger partial charge in [0.25, 0.3) is 0 Å². The van der Waals surface area contributed by atoms with E-state index < -0.39 is 5.41 Å². The molecule has 8 aromatic rings. The van der Waals surface area contributed by atoms with Crippen LogP contribution in [0.3, 0.4) is 0 Å². The zero-order chi connectivity index (χ0) is 44.2. The largest absolute Gasteiger partial charge is 0.310 e. The van der Waals surface area contributed by atoms with Crippen LogP contribution in [0.5, 0.6) is 0 Å². The molecular formula is C63H57N. The van der Waals surface area contributed by atoms with Gasteiger partial charge in [-0.15, -0.1) is 0 Å². The van der Waals surface area contributed by atoms with Crippen molar-refractivity contribution >= 4 is 22.6 Å². The molecule has 1 unspecified atom stereocenters. The third-order valence-corrected chi connectivity index (χ3v) is 14.3. The van der Waals surface area contributed by atoms with E-state index in [1.165, 1.54) is 94.6 Å². The lowest BCUT2D eigenvalue weighted by Gasteiger charge is -2.37. The molecular weight excluding hydrogens is 771 g/mol. The monoisotopic (exact) mass is 827 g/mol. The van der Waals surface area contributed by atoms with E-state index in [9.17, 15) is 0 Å². The molecule has 1 heteroatoms. The lowest BCUT2D eigenvalue weighted by molar-refractivity contribution is 0.660. The molecule has 0 bridgehead atoms. The smallest absolute Gasteiger partial charge is 0.0719 e. The van der Waals surface area contributed by atoms with Crippen LogP contribution in [0.2, 0.25) is 0 Å². The Labute approximate surface area is 381 Å². The summed E-state index contributed by atoms with van der Waals surface area (Å²) in [5.41, 5.74) is 25.1. The van der Waals surface area contributed by atoms with Crippen LogP contribution in [0.4, 0.5) is 17.1 Å². The van der Waals surface area contributed by atoms with Crippen molar-refractivity contribution in [2.75, 3.05) is 4.90 Å². The summed E-state index contributed by atoms with van der Waals surface area (Å²) in [4.78, 5) is 2.50. The SMILES string of the molecule is CC.CC1=CCCC=C1c1cccc(C2(c3ccccc3C)c3ccccc3-c3ccc(N(c4cccc(-c5ccccc5)c4)c4ccc5c(c4)C(C)(C)c4ccccc4-5)cc32)c1C. The van der Waals surface area contributed by atoms with Crippen molar-refractivity contribution in [3.8, 4) is 33.4 Å². The normalized spacial score (nSPS) is 16.3. The molecule has 11 rings (SSSR count). The van der Waals surface area contributed by atoms with E-state index in [0.717, 1.165) is 29.9 Å². The van der Waals surface area contributed by atoms with Gasteiger partial charge in [0.15, 0.2) is 0 Å². The summed E-state index contributed by atoms with van der Waals surface area (Å²) < 4.78 is 0. The van der Waals surface area contributed by atoms with Crippen LogP contribution in [0.25, 0.3) is 39.0 Å². The van der Waals surface area contributed by atoms with Gasteiger partial charge in [-0.2, -0.15) is 0 Å². The van der Waals surface area contributed by atoms with Gasteiger partial charge in [-0.3, -0.25) is 0 Å². The minimum Gasteiger partial charge on any atom is -0.310 e. The van der Waals surface area contributed by atoms with Crippen LogP contribution in [0, 0.1) is 13.8 Å². The first-order chi connectivity index (χ1) is 31.3. The Hall–Kier alpha value is -6.96. The summed E-state index contributed by atoms with van der Waals surface area (Å²) in [6, 6.07) is 68.5.